The van der Waals surface area contributed by atoms with Gasteiger partial charge in [-0.15, -0.1) is 0 Å². The number of carbonyl (C=O) groups is 1. The number of anilines is 1. The average Bonchev–Trinajstić information content (AvgIpc) is 2.55. The molecule has 0 atom stereocenters. The Morgan fingerprint density at radius 2 is 1.83 bits per heavy atom. The number of aryl methyl sites for hydroxylation is 1. The molecule has 0 heterocycles. The Labute approximate surface area is 146 Å². The van der Waals surface area contributed by atoms with Crippen LogP contribution >= 0.6 is 15.9 Å². The number of ether oxygens (including phenoxy) is 2. The second-order valence-electron chi connectivity index (χ2n) is 4.90. The first-order valence-corrected chi connectivity index (χ1v) is 7.64. The molecule has 126 valence electrons. The fourth-order valence-corrected chi connectivity index (χ4v) is 2.58. The van der Waals surface area contributed by atoms with Crippen molar-refractivity contribution in [1.82, 2.24) is 0 Å². The summed E-state index contributed by atoms with van der Waals surface area (Å²) in [6.45, 7) is 1.61. The first kappa shape index (κ1) is 17.7. The lowest BCUT2D eigenvalue weighted by molar-refractivity contribution is -0.385. The molecule has 0 aliphatic heterocycles. The highest BCUT2D eigenvalue weighted by Gasteiger charge is 2.17. The Hall–Kier alpha value is -2.61. The van der Waals surface area contributed by atoms with Gasteiger partial charge in [-0.25, -0.2) is 0 Å². The van der Waals surface area contributed by atoms with Gasteiger partial charge in [0, 0.05) is 29.3 Å². The fourth-order valence-electron chi connectivity index (χ4n) is 2.10. The maximum Gasteiger partial charge on any atom is 0.273 e. The quantitative estimate of drug-likeness (QED) is 0.612. The molecule has 0 aromatic heterocycles. The number of rotatable bonds is 5. The molecule has 1 amide bonds. The number of benzene rings is 2. The van der Waals surface area contributed by atoms with Crippen LogP contribution < -0.4 is 14.8 Å². The van der Waals surface area contributed by atoms with Gasteiger partial charge in [-0.2, -0.15) is 0 Å². The topological polar surface area (TPSA) is 90.7 Å². The third-order valence-corrected chi connectivity index (χ3v) is 4.01. The van der Waals surface area contributed by atoms with E-state index in [0.717, 1.165) is 0 Å². The van der Waals surface area contributed by atoms with Gasteiger partial charge in [-0.1, -0.05) is 6.07 Å². The third kappa shape index (κ3) is 3.65. The van der Waals surface area contributed by atoms with Crippen molar-refractivity contribution in [2.24, 2.45) is 0 Å². The summed E-state index contributed by atoms with van der Waals surface area (Å²) in [6.07, 6.45) is 0. The highest BCUT2D eigenvalue weighted by molar-refractivity contribution is 9.10. The predicted molar refractivity (Wildman–Crippen MR) is 93.0 cm³/mol. The number of nitro groups is 1. The molecular formula is C16H15BrN2O5. The van der Waals surface area contributed by atoms with Gasteiger partial charge < -0.3 is 14.8 Å². The Balaban J connectivity index is 2.36. The molecule has 0 aliphatic rings. The smallest absolute Gasteiger partial charge is 0.273 e. The van der Waals surface area contributed by atoms with E-state index in [2.05, 4.69) is 21.2 Å². The largest absolute Gasteiger partial charge is 0.495 e. The molecule has 7 nitrogen and oxygen atoms in total. The standard InChI is InChI=1S/C16H15BrN2O5/c1-9-4-5-10(6-13(9)19(21)22)16(20)18-12-8-14(23-2)11(17)7-15(12)24-3/h4-8H,1-3H3,(H,18,20). The molecule has 0 bridgehead atoms. The maximum absolute atomic E-state index is 12.4. The molecule has 0 aliphatic carbocycles. The monoisotopic (exact) mass is 394 g/mol. The Kier molecular flexibility index (Phi) is 5.40. The SMILES string of the molecule is COc1cc(NC(=O)c2ccc(C)c([N+](=O)[O-])c2)c(OC)cc1Br. The average molecular weight is 395 g/mol. The first-order chi connectivity index (χ1) is 11.4. The van der Waals surface area contributed by atoms with E-state index in [4.69, 9.17) is 9.47 Å². The Bertz CT molecular complexity index is 807. The van der Waals surface area contributed by atoms with Crippen LogP contribution in [0.15, 0.2) is 34.8 Å². The molecule has 2 rings (SSSR count). The minimum Gasteiger partial charge on any atom is -0.495 e. The minimum absolute atomic E-state index is 0.108. The number of nitrogens with zero attached hydrogens (tertiary/aromatic N) is 1. The lowest BCUT2D eigenvalue weighted by Gasteiger charge is -2.13. The van der Waals surface area contributed by atoms with Crippen molar-refractivity contribution in [3.8, 4) is 11.5 Å². The van der Waals surface area contributed by atoms with E-state index in [-0.39, 0.29) is 11.3 Å². The van der Waals surface area contributed by atoms with Crippen LogP contribution in [0.2, 0.25) is 0 Å². The van der Waals surface area contributed by atoms with Crippen LogP contribution in [-0.4, -0.2) is 25.1 Å². The van der Waals surface area contributed by atoms with Gasteiger partial charge in [0.05, 0.1) is 29.3 Å². The maximum atomic E-state index is 12.4. The molecule has 0 saturated heterocycles. The van der Waals surface area contributed by atoms with Gasteiger partial charge in [0.15, 0.2) is 0 Å². The number of hydrogen-bond acceptors (Lipinski definition) is 5. The number of carbonyl (C=O) groups excluding carboxylic acids is 1. The van der Waals surface area contributed by atoms with Crippen molar-refractivity contribution in [3.05, 3.63) is 56.0 Å². The fraction of sp³-hybridized carbons (Fsp3) is 0.188. The third-order valence-electron chi connectivity index (χ3n) is 3.39. The van der Waals surface area contributed by atoms with Gasteiger partial charge in [0.1, 0.15) is 11.5 Å². The highest BCUT2D eigenvalue weighted by Crippen LogP contribution is 2.36. The molecule has 24 heavy (non-hydrogen) atoms. The molecule has 2 aromatic carbocycles. The van der Waals surface area contributed by atoms with E-state index in [0.29, 0.717) is 27.2 Å². The highest BCUT2D eigenvalue weighted by atomic mass is 79.9. The normalized spacial score (nSPS) is 10.2. The van der Waals surface area contributed by atoms with E-state index in [1.165, 1.54) is 32.4 Å². The summed E-state index contributed by atoms with van der Waals surface area (Å²) in [7, 11) is 2.97. The lowest BCUT2D eigenvalue weighted by Crippen LogP contribution is -2.13. The molecular weight excluding hydrogens is 380 g/mol. The van der Waals surface area contributed by atoms with Crippen molar-refractivity contribution in [2.45, 2.75) is 6.92 Å². The molecule has 0 fully saturated rings. The van der Waals surface area contributed by atoms with Crippen LogP contribution in [-0.2, 0) is 0 Å². The zero-order chi connectivity index (χ0) is 17.9. The van der Waals surface area contributed by atoms with Crippen LogP contribution in [0.3, 0.4) is 0 Å². The van der Waals surface area contributed by atoms with Gasteiger partial charge in [-0.05, 0) is 28.9 Å². The van der Waals surface area contributed by atoms with Crippen molar-refractivity contribution in [3.63, 3.8) is 0 Å². The molecule has 2 aromatic rings. The summed E-state index contributed by atoms with van der Waals surface area (Å²) in [6, 6.07) is 7.56. The van der Waals surface area contributed by atoms with E-state index in [1.54, 1.807) is 19.1 Å². The van der Waals surface area contributed by atoms with Crippen LogP contribution in [0.25, 0.3) is 0 Å². The van der Waals surface area contributed by atoms with E-state index in [9.17, 15) is 14.9 Å². The number of nitro benzene ring substituents is 1. The van der Waals surface area contributed by atoms with Crippen molar-refractivity contribution >= 4 is 33.2 Å². The molecule has 0 unspecified atom stereocenters. The van der Waals surface area contributed by atoms with E-state index < -0.39 is 10.8 Å². The summed E-state index contributed by atoms with van der Waals surface area (Å²) in [5.41, 5.74) is 0.949. The van der Waals surface area contributed by atoms with E-state index in [1.807, 2.05) is 0 Å². The zero-order valence-electron chi connectivity index (χ0n) is 13.3. The van der Waals surface area contributed by atoms with Crippen LogP contribution in [0.1, 0.15) is 15.9 Å². The molecule has 0 saturated carbocycles. The molecule has 8 heteroatoms. The zero-order valence-corrected chi connectivity index (χ0v) is 14.8. The Morgan fingerprint density at radius 1 is 1.17 bits per heavy atom. The predicted octanol–water partition coefficient (Wildman–Crippen LogP) is 3.94. The number of halogens is 1. The van der Waals surface area contributed by atoms with Gasteiger partial charge in [0.2, 0.25) is 0 Å². The second-order valence-corrected chi connectivity index (χ2v) is 5.75. The van der Waals surface area contributed by atoms with Gasteiger partial charge in [0.25, 0.3) is 11.6 Å². The summed E-state index contributed by atoms with van der Waals surface area (Å²) in [5, 5.41) is 13.7. The number of hydrogen-bond donors (Lipinski definition) is 1. The first-order valence-electron chi connectivity index (χ1n) is 6.85. The molecule has 1 N–H and O–H groups in total. The number of methoxy groups -OCH3 is 2. The van der Waals surface area contributed by atoms with Gasteiger partial charge in [-0.3, -0.25) is 14.9 Å². The minimum atomic E-state index is -0.518. The van der Waals surface area contributed by atoms with E-state index >= 15 is 0 Å². The summed E-state index contributed by atoms with van der Waals surface area (Å²) in [5.74, 6) is 0.458. The van der Waals surface area contributed by atoms with Crippen LogP contribution in [0.4, 0.5) is 11.4 Å². The van der Waals surface area contributed by atoms with Crippen molar-refractivity contribution in [2.75, 3.05) is 19.5 Å². The second kappa shape index (κ2) is 7.31. The Morgan fingerprint density at radius 3 is 2.42 bits per heavy atom. The lowest BCUT2D eigenvalue weighted by atomic mass is 10.1. The van der Waals surface area contributed by atoms with Crippen molar-refractivity contribution in [1.29, 1.82) is 0 Å². The van der Waals surface area contributed by atoms with Crippen LogP contribution in [0.5, 0.6) is 11.5 Å². The summed E-state index contributed by atoms with van der Waals surface area (Å²) < 4.78 is 11.1. The van der Waals surface area contributed by atoms with Crippen LogP contribution in [0, 0.1) is 17.0 Å². The van der Waals surface area contributed by atoms with Crippen molar-refractivity contribution < 1.29 is 19.2 Å². The summed E-state index contributed by atoms with van der Waals surface area (Å²) in [4.78, 5) is 22.9. The number of amides is 1. The molecule has 0 radical (unpaired) electrons. The summed E-state index contributed by atoms with van der Waals surface area (Å²) >= 11 is 3.33. The van der Waals surface area contributed by atoms with Gasteiger partial charge >= 0.3 is 0 Å². The molecule has 0 spiro atoms. The number of nitrogens with one attached hydrogen (secondary N) is 1.